The molecule has 0 aliphatic carbocycles. The molecule has 0 radical (unpaired) electrons. The third kappa shape index (κ3) is 1.38. The number of rotatable bonds is 0. The van der Waals surface area contributed by atoms with Gasteiger partial charge in [0.25, 0.3) is 0 Å². The van der Waals surface area contributed by atoms with Gasteiger partial charge in [-0.25, -0.2) is 10.3 Å². The smallest absolute Gasteiger partial charge is 0.761 e. The Balaban J connectivity index is 0. The minimum absolute atomic E-state index is 0. The van der Waals surface area contributed by atoms with E-state index < -0.39 is 0 Å². The van der Waals surface area contributed by atoms with Gasteiger partial charge in [-0.1, -0.05) is 0 Å². The lowest BCUT2D eigenvalue weighted by Gasteiger charge is -1.51. The van der Waals surface area contributed by atoms with Crippen LogP contribution in [0.3, 0.4) is 0 Å². The molecule has 22 valence electrons. The maximum Gasteiger partial charge on any atom is 1.00 e. The molecule has 0 rings (SSSR count). The minimum atomic E-state index is -0.0694. The monoisotopic (exact) mass is 59.0 g/mol. The maximum atomic E-state index is 10.2. The summed E-state index contributed by atoms with van der Waals surface area (Å²) in [6.45, 7) is 0. The summed E-state index contributed by atoms with van der Waals surface area (Å²) >= 11 is 0. The van der Waals surface area contributed by atoms with Crippen LogP contribution in [-0.4, -0.2) is 5.87 Å². The normalized spacial score (nSPS) is 4.25. The maximum absolute atomic E-state index is 10.2. The first-order chi connectivity index (χ1) is 1.91. The van der Waals surface area contributed by atoms with Gasteiger partial charge in [0.1, 0.15) is 6.33 Å². The van der Waals surface area contributed by atoms with Crippen LogP contribution < -0.4 is 0 Å². The molecule has 0 saturated heterocycles. The zero-order valence-electron chi connectivity index (χ0n) is 2.90. The van der Waals surface area contributed by atoms with Gasteiger partial charge in [-0.2, -0.15) is 0 Å². The molecule has 0 heterocycles. The average Bonchev–Trinajstić information content (AvgIpc) is 1.37. The highest BCUT2D eigenvalue weighted by atomic mass is 19.1. The Hall–Kier alpha value is -0.620. The van der Waals surface area contributed by atoms with Crippen molar-refractivity contribution in [2.75, 3.05) is 0 Å². The van der Waals surface area contributed by atoms with Gasteiger partial charge in [0, 0.05) is 0 Å². The number of hydrogen-bond acceptors (Lipinski definition) is 0. The number of hydrogen-bond donors (Lipinski definition) is 0. The summed E-state index contributed by atoms with van der Waals surface area (Å²) in [5, 5.41) is 7.19. The molecule has 0 aliphatic heterocycles. The van der Waals surface area contributed by atoms with E-state index in [0.29, 0.717) is 0 Å². The van der Waals surface area contributed by atoms with Crippen LogP contribution in [0.1, 0.15) is 1.43 Å². The topological polar surface area (TPSA) is 22.3 Å². The van der Waals surface area contributed by atoms with Crippen molar-refractivity contribution in [3.8, 4) is 0 Å². The molecule has 0 N–H and O–H groups in total. The summed E-state index contributed by atoms with van der Waals surface area (Å²) < 4.78 is 10.2. The highest BCUT2D eigenvalue weighted by Crippen LogP contribution is 1.48. The second-order valence-corrected chi connectivity index (χ2v) is 0.238. The van der Waals surface area contributed by atoms with Crippen LogP contribution in [0.15, 0.2) is 6.33 Å². The lowest BCUT2D eigenvalue weighted by Crippen LogP contribution is -1.24. The van der Waals surface area contributed by atoms with E-state index >= 15 is 0 Å². The highest BCUT2D eigenvalue weighted by Gasteiger charge is 1.22. The summed E-state index contributed by atoms with van der Waals surface area (Å²) in [4.78, 5) is 0. The summed E-state index contributed by atoms with van der Waals surface area (Å²) in [5.41, 5.74) is 0. The summed E-state index contributed by atoms with van der Waals surface area (Å²) in [6.07, 6.45) is -0.0694. The van der Waals surface area contributed by atoms with Crippen molar-refractivity contribution in [2.24, 2.45) is 0 Å². The first-order valence-electron chi connectivity index (χ1n) is 0.730. The molecule has 0 saturated carbocycles. The van der Waals surface area contributed by atoms with Crippen LogP contribution in [-0.2, 0) is 0 Å². The Morgan fingerprint density at radius 1 is 2.25 bits per heavy atom. The standard InChI is InChI=1S/C2HFN/c3-1-2-4/h1H/q-1/p+1. The van der Waals surface area contributed by atoms with Gasteiger partial charge in [0.15, 0.2) is 0 Å². The van der Waals surface area contributed by atoms with Crippen LogP contribution in [0, 0.1) is 0 Å². The van der Waals surface area contributed by atoms with E-state index in [1.165, 1.54) is 0 Å². The van der Waals surface area contributed by atoms with Crippen molar-refractivity contribution >= 4 is 5.87 Å². The zero-order chi connectivity index (χ0) is 3.41. The Labute approximate surface area is 24.8 Å². The van der Waals surface area contributed by atoms with E-state index in [1.807, 2.05) is 0 Å². The Bertz CT molecular complexity index is 47.6. The van der Waals surface area contributed by atoms with Crippen molar-refractivity contribution < 1.29 is 5.82 Å². The van der Waals surface area contributed by atoms with Gasteiger partial charge in [-0.15, -0.1) is 0 Å². The molecule has 0 aromatic heterocycles. The van der Waals surface area contributed by atoms with E-state index in [9.17, 15) is 4.39 Å². The fraction of sp³-hybridized carbons (Fsp3) is 0. The van der Waals surface area contributed by atoms with Gasteiger partial charge in [0.2, 0.25) is 0 Å². The van der Waals surface area contributed by atoms with Crippen LogP contribution in [0.2, 0.25) is 0 Å². The van der Waals surface area contributed by atoms with E-state index in [-0.39, 0.29) is 7.76 Å². The van der Waals surface area contributed by atoms with Gasteiger partial charge in [-0.05, 0) is 0 Å². The molecule has 0 fully saturated rings. The predicted molar refractivity (Wildman–Crippen MR) is 15.2 cm³/mol. The fourth-order valence-corrected chi connectivity index (χ4v) is 0. The highest BCUT2D eigenvalue weighted by molar-refractivity contribution is 5.52. The molecular weight excluding hydrogens is 57.0 g/mol. The molecule has 2 heteroatoms. The third-order valence-corrected chi connectivity index (χ3v) is 0.0488. The van der Waals surface area contributed by atoms with E-state index in [4.69, 9.17) is 5.41 Å². The molecule has 0 amide bonds. The minimum Gasteiger partial charge on any atom is -0.761 e. The molecule has 0 bridgehead atoms. The van der Waals surface area contributed by atoms with Gasteiger partial charge < -0.3 is 5.41 Å². The molecular formula is C2H2FN. The zero-order valence-corrected chi connectivity index (χ0v) is 1.90. The Kier molecular flexibility index (Phi) is 2.01. The third-order valence-electron chi connectivity index (χ3n) is 0.0488. The molecule has 0 aromatic carbocycles. The van der Waals surface area contributed by atoms with Crippen molar-refractivity contribution in [3.63, 3.8) is 0 Å². The molecule has 0 atom stereocenters. The van der Waals surface area contributed by atoms with Crippen LogP contribution in [0.4, 0.5) is 4.39 Å². The average molecular weight is 59.0 g/mol. The molecule has 0 aliphatic rings. The lowest BCUT2D eigenvalue weighted by molar-refractivity contribution is 0.732. The molecule has 0 unspecified atom stereocenters. The predicted octanol–water partition coefficient (Wildman–Crippen LogP) is 0.821. The van der Waals surface area contributed by atoms with Crippen molar-refractivity contribution in [1.82, 2.24) is 0 Å². The largest absolute Gasteiger partial charge is 1.00 e. The van der Waals surface area contributed by atoms with Crippen LogP contribution in [0.25, 0.3) is 5.41 Å². The second kappa shape index (κ2) is 2.38. The first kappa shape index (κ1) is 3.38. The Morgan fingerprint density at radius 3 is 2.50 bits per heavy atom. The molecule has 4 heavy (non-hydrogen) atoms. The summed E-state index contributed by atoms with van der Waals surface area (Å²) in [7, 11) is 0. The number of halogens is 1. The SMILES string of the molecule is [H+].[N-]=C=CF. The van der Waals surface area contributed by atoms with Crippen LogP contribution >= 0.6 is 0 Å². The molecule has 1 nitrogen and oxygen atoms in total. The molecule has 0 spiro atoms. The van der Waals surface area contributed by atoms with Crippen molar-refractivity contribution in [1.29, 1.82) is 0 Å². The fourth-order valence-electron chi connectivity index (χ4n) is 0. The van der Waals surface area contributed by atoms with E-state index in [2.05, 4.69) is 0 Å². The summed E-state index contributed by atoms with van der Waals surface area (Å²) in [5.74, 6) is 1.14. The van der Waals surface area contributed by atoms with Gasteiger partial charge in [0.05, 0.1) is 0 Å². The van der Waals surface area contributed by atoms with Crippen molar-refractivity contribution in [2.45, 2.75) is 0 Å². The molecule has 0 aromatic rings. The Morgan fingerprint density at radius 2 is 2.50 bits per heavy atom. The first-order valence-corrected chi connectivity index (χ1v) is 0.730. The van der Waals surface area contributed by atoms with Crippen molar-refractivity contribution in [3.05, 3.63) is 11.7 Å². The summed E-state index contributed by atoms with van der Waals surface area (Å²) in [6, 6.07) is 0. The van der Waals surface area contributed by atoms with Gasteiger partial charge in [-0.3, -0.25) is 0 Å². The second-order valence-electron chi connectivity index (χ2n) is 0.238. The van der Waals surface area contributed by atoms with Gasteiger partial charge >= 0.3 is 1.43 Å². The quantitative estimate of drug-likeness (QED) is 0.369. The van der Waals surface area contributed by atoms with E-state index in [0.717, 1.165) is 5.87 Å². The van der Waals surface area contributed by atoms with Crippen LogP contribution in [0.5, 0.6) is 0 Å². The van der Waals surface area contributed by atoms with E-state index in [1.54, 1.807) is 0 Å². The lowest BCUT2D eigenvalue weighted by atomic mass is 11.2. The number of nitrogens with zero attached hydrogens (tertiary/aromatic N) is 1.